The lowest BCUT2D eigenvalue weighted by molar-refractivity contribution is 0.172. The molecule has 0 atom stereocenters. The molecule has 0 radical (unpaired) electrons. The minimum atomic E-state index is 0.405. The van der Waals surface area contributed by atoms with Crippen molar-refractivity contribution in [3.63, 3.8) is 0 Å². The molecule has 1 aromatic heterocycles. The number of para-hydroxylation sites is 1. The molecule has 0 aliphatic heterocycles. The fraction of sp³-hybridized carbons (Fsp3) is 0.250. The molecule has 0 bridgehead atoms. The number of benzene rings is 2. The van der Waals surface area contributed by atoms with Gasteiger partial charge >= 0.3 is 0 Å². The van der Waals surface area contributed by atoms with Crippen LogP contribution in [0.5, 0.6) is 11.5 Å². The van der Waals surface area contributed by atoms with Gasteiger partial charge in [0.15, 0.2) is 5.76 Å². The van der Waals surface area contributed by atoms with Gasteiger partial charge in [-0.15, -0.1) is 0 Å². The van der Waals surface area contributed by atoms with Crippen LogP contribution in [-0.4, -0.2) is 32.4 Å². The van der Waals surface area contributed by atoms with Crippen LogP contribution in [0.4, 0.5) is 11.7 Å². The fourth-order valence-corrected chi connectivity index (χ4v) is 2.46. The molecule has 0 spiro atoms. The van der Waals surface area contributed by atoms with Crippen molar-refractivity contribution in [3.05, 3.63) is 54.7 Å². The van der Waals surface area contributed by atoms with Crippen LogP contribution in [-0.2, 0) is 4.74 Å². The van der Waals surface area contributed by atoms with E-state index >= 15 is 0 Å². The van der Waals surface area contributed by atoms with E-state index in [4.69, 9.17) is 18.6 Å². The number of aromatic nitrogens is 1. The molecule has 0 amide bonds. The van der Waals surface area contributed by atoms with Gasteiger partial charge in [0.05, 0.1) is 25.5 Å². The van der Waals surface area contributed by atoms with E-state index in [1.54, 1.807) is 20.4 Å². The van der Waals surface area contributed by atoms with Crippen molar-refractivity contribution in [2.45, 2.75) is 6.42 Å². The van der Waals surface area contributed by atoms with Crippen LogP contribution >= 0.6 is 0 Å². The summed E-state index contributed by atoms with van der Waals surface area (Å²) in [5, 5.41) is 3.13. The molecular formula is C20H22N2O4. The highest BCUT2D eigenvalue weighted by molar-refractivity contribution is 5.66. The van der Waals surface area contributed by atoms with Gasteiger partial charge in [0.1, 0.15) is 11.5 Å². The van der Waals surface area contributed by atoms with Crippen molar-refractivity contribution >= 4 is 11.7 Å². The Morgan fingerprint density at radius 2 is 1.92 bits per heavy atom. The van der Waals surface area contributed by atoms with Gasteiger partial charge < -0.3 is 23.9 Å². The quantitative estimate of drug-likeness (QED) is 0.570. The fourth-order valence-electron chi connectivity index (χ4n) is 2.46. The molecule has 136 valence electrons. The van der Waals surface area contributed by atoms with E-state index in [0.717, 1.165) is 29.2 Å². The standard InChI is InChI=1S/C20H22N2O4/c1-23-11-6-12-25-18-10-4-3-9-17(18)19-14-21-20(26-19)22-15-7-5-8-16(13-15)24-2/h3-5,7-10,13-14H,6,11-12H2,1-2H3,(H,21,22). The van der Waals surface area contributed by atoms with E-state index in [-0.39, 0.29) is 0 Å². The Morgan fingerprint density at radius 1 is 1.04 bits per heavy atom. The maximum atomic E-state index is 5.85. The van der Waals surface area contributed by atoms with Crippen molar-refractivity contribution in [2.24, 2.45) is 0 Å². The molecule has 26 heavy (non-hydrogen) atoms. The highest BCUT2D eigenvalue weighted by Crippen LogP contribution is 2.32. The predicted octanol–water partition coefficient (Wildman–Crippen LogP) is 4.51. The molecule has 3 aromatic rings. The zero-order valence-electron chi connectivity index (χ0n) is 14.9. The van der Waals surface area contributed by atoms with Gasteiger partial charge in [0.25, 0.3) is 6.01 Å². The Hall–Kier alpha value is -2.99. The van der Waals surface area contributed by atoms with E-state index in [2.05, 4.69) is 10.3 Å². The van der Waals surface area contributed by atoms with Crippen molar-refractivity contribution < 1.29 is 18.6 Å². The minimum Gasteiger partial charge on any atom is -0.497 e. The average molecular weight is 354 g/mol. The van der Waals surface area contributed by atoms with Gasteiger partial charge in [0.2, 0.25) is 0 Å². The first-order valence-electron chi connectivity index (χ1n) is 8.38. The van der Waals surface area contributed by atoms with Gasteiger partial charge in [-0.1, -0.05) is 18.2 Å². The predicted molar refractivity (Wildman–Crippen MR) is 100 cm³/mol. The van der Waals surface area contributed by atoms with Crippen LogP contribution in [0.2, 0.25) is 0 Å². The van der Waals surface area contributed by atoms with Crippen LogP contribution < -0.4 is 14.8 Å². The number of nitrogens with one attached hydrogen (secondary N) is 1. The van der Waals surface area contributed by atoms with Crippen LogP contribution in [0.15, 0.2) is 59.1 Å². The van der Waals surface area contributed by atoms with Crippen molar-refractivity contribution in [1.29, 1.82) is 0 Å². The van der Waals surface area contributed by atoms with Crippen LogP contribution in [0.3, 0.4) is 0 Å². The van der Waals surface area contributed by atoms with Gasteiger partial charge in [-0.25, -0.2) is 4.98 Å². The maximum Gasteiger partial charge on any atom is 0.299 e. The first kappa shape index (κ1) is 17.8. The largest absolute Gasteiger partial charge is 0.497 e. The number of oxazole rings is 1. The summed E-state index contributed by atoms with van der Waals surface area (Å²) >= 11 is 0. The lowest BCUT2D eigenvalue weighted by atomic mass is 10.1. The highest BCUT2D eigenvalue weighted by atomic mass is 16.5. The summed E-state index contributed by atoms with van der Waals surface area (Å²) in [5.74, 6) is 2.15. The number of hydrogen-bond acceptors (Lipinski definition) is 6. The minimum absolute atomic E-state index is 0.405. The molecule has 6 heteroatoms. The smallest absolute Gasteiger partial charge is 0.299 e. The van der Waals surface area contributed by atoms with E-state index in [0.29, 0.717) is 25.0 Å². The Bertz CT molecular complexity index is 832. The average Bonchev–Trinajstić information content (AvgIpc) is 3.14. The van der Waals surface area contributed by atoms with E-state index in [9.17, 15) is 0 Å². The van der Waals surface area contributed by atoms with Gasteiger partial charge in [-0.2, -0.15) is 0 Å². The molecular weight excluding hydrogens is 332 g/mol. The zero-order valence-corrected chi connectivity index (χ0v) is 14.9. The van der Waals surface area contributed by atoms with Crippen molar-refractivity contribution in [3.8, 4) is 22.8 Å². The molecule has 0 aliphatic rings. The maximum absolute atomic E-state index is 5.85. The highest BCUT2D eigenvalue weighted by Gasteiger charge is 2.12. The Labute approximate surface area is 152 Å². The summed E-state index contributed by atoms with van der Waals surface area (Å²) in [7, 11) is 3.31. The Balaban J connectivity index is 1.73. The summed E-state index contributed by atoms with van der Waals surface area (Å²) in [6, 6.07) is 15.7. The lowest BCUT2D eigenvalue weighted by Crippen LogP contribution is -2.02. The van der Waals surface area contributed by atoms with Gasteiger partial charge in [-0.3, -0.25) is 0 Å². The van der Waals surface area contributed by atoms with E-state index in [1.807, 2.05) is 48.5 Å². The van der Waals surface area contributed by atoms with E-state index < -0.39 is 0 Å². The SMILES string of the molecule is COCCCOc1ccccc1-c1cnc(Nc2cccc(OC)c2)o1. The van der Waals surface area contributed by atoms with Gasteiger partial charge in [-0.05, 0) is 24.3 Å². The number of anilines is 2. The molecule has 0 saturated carbocycles. The Morgan fingerprint density at radius 3 is 2.77 bits per heavy atom. The second-order valence-electron chi connectivity index (χ2n) is 5.58. The third kappa shape index (κ3) is 4.55. The van der Waals surface area contributed by atoms with Crippen LogP contribution in [0.1, 0.15) is 6.42 Å². The van der Waals surface area contributed by atoms with Gasteiger partial charge in [0, 0.05) is 31.9 Å². The number of rotatable bonds is 9. The summed E-state index contributed by atoms with van der Waals surface area (Å²) in [4.78, 5) is 4.30. The van der Waals surface area contributed by atoms with E-state index in [1.165, 1.54) is 0 Å². The zero-order chi connectivity index (χ0) is 18.2. The first-order chi connectivity index (χ1) is 12.8. The monoisotopic (exact) mass is 354 g/mol. The lowest BCUT2D eigenvalue weighted by Gasteiger charge is -2.09. The second-order valence-corrected chi connectivity index (χ2v) is 5.58. The first-order valence-corrected chi connectivity index (χ1v) is 8.38. The third-order valence-electron chi connectivity index (χ3n) is 3.73. The topological polar surface area (TPSA) is 65.8 Å². The number of hydrogen-bond donors (Lipinski definition) is 1. The van der Waals surface area contributed by atoms with Crippen LogP contribution in [0, 0.1) is 0 Å². The molecule has 1 heterocycles. The summed E-state index contributed by atoms with van der Waals surface area (Å²) in [6.07, 6.45) is 2.50. The molecule has 0 aliphatic carbocycles. The van der Waals surface area contributed by atoms with Crippen molar-refractivity contribution in [1.82, 2.24) is 4.98 Å². The summed E-state index contributed by atoms with van der Waals surface area (Å²) < 4.78 is 22.0. The third-order valence-corrected chi connectivity index (χ3v) is 3.73. The normalized spacial score (nSPS) is 10.5. The number of ether oxygens (including phenoxy) is 3. The molecule has 1 N–H and O–H groups in total. The van der Waals surface area contributed by atoms with Crippen molar-refractivity contribution in [2.75, 3.05) is 32.8 Å². The molecule has 0 unspecified atom stereocenters. The molecule has 3 rings (SSSR count). The Kier molecular flexibility index (Phi) is 6.11. The summed E-state index contributed by atoms with van der Waals surface area (Å²) in [5.41, 5.74) is 1.69. The molecule has 6 nitrogen and oxygen atoms in total. The summed E-state index contributed by atoms with van der Waals surface area (Å²) in [6.45, 7) is 1.24. The molecule has 0 fully saturated rings. The van der Waals surface area contributed by atoms with Crippen LogP contribution in [0.25, 0.3) is 11.3 Å². The molecule has 2 aromatic carbocycles. The number of nitrogens with zero attached hydrogens (tertiary/aromatic N) is 1. The second kappa shape index (κ2) is 8.92. The number of methoxy groups -OCH3 is 2. The molecule has 0 saturated heterocycles.